The molecular weight excluding hydrogens is 317 g/mol. The lowest BCUT2D eigenvalue weighted by Gasteiger charge is -2.03. The second-order valence-electron chi connectivity index (χ2n) is 3.26. The molecule has 0 bridgehead atoms. The molecule has 0 amide bonds. The summed E-state index contributed by atoms with van der Waals surface area (Å²) in [7, 11) is 1.84. The van der Waals surface area contributed by atoms with Gasteiger partial charge in [-0.3, -0.25) is 0 Å². The number of furan rings is 1. The summed E-state index contributed by atoms with van der Waals surface area (Å²) in [6.45, 7) is 2.05. The van der Waals surface area contributed by atoms with Crippen LogP contribution >= 0.6 is 22.6 Å². The maximum Gasteiger partial charge on any atom is 0.197 e. The van der Waals surface area contributed by atoms with Gasteiger partial charge in [0.15, 0.2) is 11.6 Å². The average molecular weight is 329 g/mol. The van der Waals surface area contributed by atoms with Crippen molar-refractivity contribution in [1.29, 1.82) is 0 Å². The topological polar surface area (TPSA) is 51.0 Å². The minimum atomic E-state index is 0.615. The van der Waals surface area contributed by atoms with Crippen LogP contribution in [0.25, 0.3) is 11.6 Å². The number of nitrogens with one attached hydrogen (secondary N) is 1. The number of hydrogen-bond donors (Lipinski definition) is 1. The molecule has 0 aromatic carbocycles. The maximum atomic E-state index is 5.60. The van der Waals surface area contributed by atoms with Crippen LogP contribution in [0.15, 0.2) is 22.7 Å². The highest BCUT2D eigenvalue weighted by atomic mass is 127. The van der Waals surface area contributed by atoms with E-state index in [1.165, 1.54) is 0 Å². The Labute approximate surface area is 108 Å². The van der Waals surface area contributed by atoms with Crippen molar-refractivity contribution < 1.29 is 4.42 Å². The van der Waals surface area contributed by atoms with Gasteiger partial charge in [0.1, 0.15) is 11.6 Å². The lowest BCUT2D eigenvalue weighted by atomic mass is 10.3. The van der Waals surface area contributed by atoms with E-state index in [0.717, 1.165) is 21.6 Å². The van der Waals surface area contributed by atoms with Gasteiger partial charge in [0.05, 0.1) is 3.57 Å². The van der Waals surface area contributed by atoms with Gasteiger partial charge in [0, 0.05) is 19.7 Å². The third-order valence-electron chi connectivity index (χ3n) is 2.21. The quantitative estimate of drug-likeness (QED) is 0.880. The van der Waals surface area contributed by atoms with Crippen LogP contribution in [0.4, 0.5) is 5.82 Å². The van der Waals surface area contributed by atoms with E-state index in [9.17, 15) is 0 Å². The molecule has 0 aliphatic heterocycles. The second-order valence-corrected chi connectivity index (χ2v) is 4.42. The first-order chi connectivity index (χ1) is 7.74. The molecule has 2 aromatic heterocycles. The summed E-state index contributed by atoms with van der Waals surface area (Å²) in [5.41, 5.74) is 0. The number of rotatable bonds is 3. The Balaban J connectivity index is 2.40. The van der Waals surface area contributed by atoms with Crippen LogP contribution in [-0.2, 0) is 6.42 Å². The lowest BCUT2D eigenvalue weighted by molar-refractivity contribution is 0.525. The predicted octanol–water partition coefficient (Wildman–Crippen LogP) is 2.95. The second kappa shape index (κ2) is 4.82. The molecule has 0 fully saturated rings. The molecule has 84 valence electrons. The summed E-state index contributed by atoms with van der Waals surface area (Å²) >= 11 is 2.19. The summed E-state index contributed by atoms with van der Waals surface area (Å²) in [6, 6.07) is 3.86. The molecule has 0 atom stereocenters. The summed E-state index contributed by atoms with van der Waals surface area (Å²) < 4.78 is 6.59. The van der Waals surface area contributed by atoms with Gasteiger partial charge in [-0.2, -0.15) is 0 Å². The Hall–Kier alpha value is -1.11. The van der Waals surface area contributed by atoms with E-state index >= 15 is 0 Å². The molecule has 0 saturated heterocycles. The fraction of sp³-hybridized carbons (Fsp3) is 0.273. The normalized spacial score (nSPS) is 10.4. The minimum absolute atomic E-state index is 0.615. The fourth-order valence-electron chi connectivity index (χ4n) is 1.35. The fourth-order valence-corrected chi connectivity index (χ4v) is 1.88. The molecule has 0 saturated carbocycles. The Kier molecular flexibility index (Phi) is 3.42. The van der Waals surface area contributed by atoms with Gasteiger partial charge < -0.3 is 9.73 Å². The van der Waals surface area contributed by atoms with E-state index in [0.29, 0.717) is 11.6 Å². The monoisotopic (exact) mass is 329 g/mol. The van der Waals surface area contributed by atoms with Crippen LogP contribution in [0.1, 0.15) is 12.7 Å². The Bertz CT molecular complexity index is 496. The van der Waals surface area contributed by atoms with E-state index in [1.807, 2.05) is 19.2 Å². The Morgan fingerprint density at radius 3 is 2.88 bits per heavy atom. The van der Waals surface area contributed by atoms with E-state index in [4.69, 9.17) is 4.42 Å². The summed E-state index contributed by atoms with van der Waals surface area (Å²) in [5.74, 6) is 3.09. The van der Waals surface area contributed by atoms with Crippen molar-refractivity contribution in [2.75, 3.05) is 12.4 Å². The number of halogens is 1. The highest BCUT2D eigenvalue weighted by Crippen LogP contribution is 2.22. The molecule has 1 N–H and O–H groups in total. The number of nitrogens with zero attached hydrogens (tertiary/aromatic N) is 2. The van der Waals surface area contributed by atoms with Crippen molar-refractivity contribution in [1.82, 2.24) is 9.97 Å². The van der Waals surface area contributed by atoms with Crippen LogP contribution in [0.3, 0.4) is 0 Å². The molecule has 5 heteroatoms. The van der Waals surface area contributed by atoms with E-state index in [1.54, 1.807) is 6.20 Å². The molecule has 0 radical (unpaired) electrons. The summed E-state index contributed by atoms with van der Waals surface area (Å²) in [4.78, 5) is 8.64. The molecule has 2 rings (SSSR count). The van der Waals surface area contributed by atoms with Crippen molar-refractivity contribution in [2.24, 2.45) is 0 Å². The van der Waals surface area contributed by atoms with Crippen molar-refractivity contribution in [3.8, 4) is 11.6 Å². The smallest absolute Gasteiger partial charge is 0.197 e. The minimum Gasteiger partial charge on any atom is -0.458 e. The molecule has 16 heavy (non-hydrogen) atoms. The first kappa shape index (κ1) is 11.4. The molecule has 2 aromatic rings. The molecule has 0 aliphatic rings. The highest BCUT2D eigenvalue weighted by molar-refractivity contribution is 14.1. The van der Waals surface area contributed by atoms with Crippen LogP contribution in [0.5, 0.6) is 0 Å². The van der Waals surface area contributed by atoms with Crippen LogP contribution < -0.4 is 5.32 Å². The number of aromatic nitrogens is 2. The molecule has 0 spiro atoms. The van der Waals surface area contributed by atoms with Crippen molar-refractivity contribution in [3.05, 3.63) is 27.7 Å². The van der Waals surface area contributed by atoms with Crippen LogP contribution in [-0.4, -0.2) is 17.0 Å². The summed E-state index contributed by atoms with van der Waals surface area (Å²) in [6.07, 6.45) is 2.66. The van der Waals surface area contributed by atoms with Gasteiger partial charge in [-0.25, -0.2) is 9.97 Å². The average Bonchev–Trinajstić information content (AvgIpc) is 2.78. The lowest BCUT2D eigenvalue weighted by Crippen LogP contribution is -1.98. The van der Waals surface area contributed by atoms with Gasteiger partial charge in [-0.1, -0.05) is 6.92 Å². The van der Waals surface area contributed by atoms with Gasteiger partial charge in [0.25, 0.3) is 0 Å². The van der Waals surface area contributed by atoms with Gasteiger partial charge in [-0.05, 0) is 34.7 Å². The van der Waals surface area contributed by atoms with Crippen molar-refractivity contribution in [2.45, 2.75) is 13.3 Å². The molecular formula is C11H12IN3O. The Morgan fingerprint density at radius 2 is 2.25 bits per heavy atom. The van der Waals surface area contributed by atoms with Gasteiger partial charge in [-0.15, -0.1) is 0 Å². The molecule has 0 unspecified atom stereocenters. The third kappa shape index (κ3) is 2.18. The zero-order valence-electron chi connectivity index (χ0n) is 9.12. The number of aryl methyl sites for hydroxylation is 1. The predicted molar refractivity (Wildman–Crippen MR) is 71.4 cm³/mol. The number of hydrogen-bond acceptors (Lipinski definition) is 4. The van der Waals surface area contributed by atoms with E-state index in [-0.39, 0.29) is 0 Å². The third-order valence-corrected chi connectivity index (χ3v) is 3.00. The first-order valence-electron chi connectivity index (χ1n) is 5.04. The Morgan fingerprint density at radius 1 is 1.44 bits per heavy atom. The van der Waals surface area contributed by atoms with Crippen LogP contribution in [0.2, 0.25) is 0 Å². The zero-order chi connectivity index (χ0) is 11.5. The van der Waals surface area contributed by atoms with Crippen molar-refractivity contribution in [3.63, 3.8) is 0 Å². The first-order valence-corrected chi connectivity index (χ1v) is 6.12. The van der Waals surface area contributed by atoms with Gasteiger partial charge in [0.2, 0.25) is 0 Å². The molecule has 4 nitrogen and oxygen atoms in total. The maximum absolute atomic E-state index is 5.60. The zero-order valence-corrected chi connectivity index (χ0v) is 11.3. The number of anilines is 1. The van der Waals surface area contributed by atoms with E-state index < -0.39 is 0 Å². The summed E-state index contributed by atoms with van der Waals surface area (Å²) in [5, 5.41) is 3.03. The molecule has 0 aliphatic carbocycles. The van der Waals surface area contributed by atoms with Crippen LogP contribution in [0, 0.1) is 3.57 Å². The van der Waals surface area contributed by atoms with Crippen molar-refractivity contribution >= 4 is 28.4 Å². The molecule has 2 heterocycles. The standard InChI is InChI=1S/C11H12IN3O/c1-3-7-4-5-9(16-7)11-14-6-8(12)10(13-2)15-11/h4-6H,3H2,1-2H3,(H,13,14,15). The largest absolute Gasteiger partial charge is 0.458 e. The highest BCUT2D eigenvalue weighted by Gasteiger charge is 2.09. The van der Waals surface area contributed by atoms with Gasteiger partial charge >= 0.3 is 0 Å². The van der Waals surface area contributed by atoms with E-state index in [2.05, 4.69) is 44.8 Å². The SMILES string of the molecule is CCc1ccc(-c2ncc(I)c(NC)n2)o1.